The first-order valence-corrected chi connectivity index (χ1v) is 4.11. The summed E-state index contributed by atoms with van der Waals surface area (Å²) in [5, 5.41) is 1.12. The molecule has 0 atom stereocenters. The van der Waals surface area contributed by atoms with E-state index >= 15 is 0 Å². The van der Waals surface area contributed by atoms with Gasteiger partial charge in [0.1, 0.15) is 5.84 Å². The predicted octanol–water partition coefficient (Wildman–Crippen LogP) is 1.50. The fraction of sp³-hybridized carbons (Fsp3) is 0.100. The van der Waals surface area contributed by atoms with Crippen molar-refractivity contribution in [2.24, 2.45) is 10.7 Å². The molecule has 1 heterocycles. The molecular weight excluding hydrogens is 162 g/mol. The SMILES string of the molecule is CN=C(N)c1cccc2[nH]ccc12. The van der Waals surface area contributed by atoms with Crippen LogP contribution in [0.5, 0.6) is 0 Å². The lowest BCUT2D eigenvalue weighted by Gasteiger charge is -2.00. The molecular formula is C10H11N3. The lowest BCUT2D eigenvalue weighted by atomic mass is 10.1. The number of H-pyrrole nitrogens is 1. The summed E-state index contributed by atoms with van der Waals surface area (Å²) in [6, 6.07) is 7.95. The van der Waals surface area contributed by atoms with E-state index in [4.69, 9.17) is 5.73 Å². The number of aromatic amines is 1. The molecule has 0 saturated carbocycles. The topological polar surface area (TPSA) is 54.2 Å². The van der Waals surface area contributed by atoms with Crippen molar-refractivity contribution in [1.29, 1.82) is 0 Å². The van der Waals surface area contributed by atoms with E-state index in [9.17, 15) is 0 Å². The van der Waals surface area contributed by atoms with Crippen molar-refractivity contribution >= 4 is 16.7 Å². The number of nitrogens with zero attached hydrogens (tertiary/aromatic N) is 1. The van der Waals surface area contributed by atoms with Gasteiger partial charge in [-0.2, -0.15) is 0 Å². The van der Waals surface area contributed by atoms with Gasteiger partial charge in [-0.15, -0.1) is 0 Å². The maximum atomic E-state index is 5.76. The summed E-state index contributed by atoms with van der Waals surface area (Å²) >= 11 is 0. The molecule has 0 aliphatic rings. The summed E-state index contributed by atoms with van der Waals surface area (Å²) in [4.78, 5) is 7.10. The second-order valence-electron chi connectivity index (χ2n) is 2.85. The number of hydrogen-bond donors (Lipinski definition) is 2. The Kier molecular flexibility index (Phi) is 1.77. The van der Waals surface area contributed by atoms with Crippen LogP contribution in [0.2, 0.25) is 0 Å². The van der Waals surface area contributed by atoms with Gasteiger partial charge in [-0.05, 0) is 12.1 Å². The highest BCUT2D eigenvalue weighted by atomic mass is 14.8. The molecule has 0 spiro atoms. The average molecular weight is 173 g/mol. The molecule has 13 heavy (non-hydrogen) atoms. The molecule has 3 nitrogen and oxygen atoms in total. The maximum Gasteiger partial charge on any atom is 0.126 e. The van der Waals surface area contributed by atoms with E-state index in [0.717, 1.165) is 16.5 Å². The van der Waals surface area contributed by atoms with E-state index in [2.05, 4.69) is 9.98 Å². The molecule has 1 aromatic heterocycles. The number of amidine groups is 1. The molecule has 3 N–H and O–H groups in total. The number of aromatic nitrogens is 1. The fourth-order valence-corrected chi connectivity index (χ4v) is 1.43. The van der Waals surface area contributed by atoms with Gasteiger partial charge in [-0.1, -0.05) is 12.1 Å². The third kappa shape index (κ3) is 1.18. The zero-order chi connectivity index (χ0) is 9.26. The second-order valence-corrected chi connectivity index (χ2v) is 2.85. The molecule has 1 aromatic carbocycles. The zero-order valence-electron chi connectivity index (χ0n) is 7.41. The van der Waals surface area contributed by atoms with Crippen LogP contribution in [0.1, 0.15) is 5.56 Å². The lowest BCUT2D eigenvalue weighted by molar-refractivity contribution is 1.40. The van der Waals surface area contributed by atoms with Crippen LogP contribution in [-0.4, -0.2) is 17.9 Å². The van der Waals surface area contributed by atoms with E-state index in [1.807, 2.05) is 30.5 Å². The smallest absolute Gasteiger partial charge is 0.126 e. The van der Waals surface area contributed by atoms with Gasteiger partial charge in [-0.25, -0.2) is 0 Å². The first-order chi connectivity index (χ1) is 6.33. The highest BCUT2D eigenvalue weighted by Gasteiger charge is 2.03. The van der Waals surface area contributed by atoms with E-state index in [1.165, 1.54) is 0 Å². The Bertz CT molecular complexity index is 454. The van der Waals surface area contributed by atoms with Crippen LogP contribution in [0.25, 0.3) is 10.9 Å². The zero-order valence-corrected chi connectivity index (χ0v) is 7.41. The molecule has 0 aliphatic heterocycles. The van der Waals surface area contributed by atoms with Crippen molar-refractivity contribution in [2.45, 2.75) is 0 Å². The summed E-state index contributed by atoms with van der Waals surface area (Å²) in [5.74, 6) is 0.574. The Morgan fingerprint density at radius 2 is 2.23 bits per heavy atom. The van der Waals surface area contributed by atoms with Gasteiger partial charge in [0.25, 0.3) is 0 Å². The van der Waals surface area contributed by atoms with Crippen LogP contribution in [0.15, 0.2) is 35.5 Å². The molecule has 0 aliphatic carbocycles. The van der Waals surface area contributed by atoms with Crippen molar-refractivity contribution in [3.63, 3.8) is 0 Å². The van der Waals surface area contributed by atoms with Crippen LogP contribution in [0.4, 0.5) is 0 Å². The van der Waals surface area contributed by atoms with Crippen molar-refractivity contribution in [2.75, 3.05) is 7.05 Å². The Morgan fingerprint density at radius 3 is 3.00 bits per heavy atom. The second kappa shape index (κ2) is 2.94. The lowest BCUT2D eigenvalue weighted by Crippen LogP contribution is -2.12. The highest BCUT2D eigenvalue weighted by molar-refractivity contribution is 6.08. The first kappa shape index (κ1) is 7.86. The Labute approximate surface area is 76.3 Å². The van der Waals surface area contributed by atoms with Crippen LogP contribution in [-0.2, 0) is 0 Å². The Balaban J connectivity index is 2.75. The van der Waals surface area contributed by atoms with Gasteiger partial charge in [0.2, 0.25) is 0 Å². The summed E-state index contributed by atoms with van der Waals surface area (Å²) in [5.41, 5.74) is 7.83. The molecule has 66 valence electrons. The normalized spacial score (nSPS) is 12.2. The van der Waals surface area contributed by atoms with Crippen LogP contribution in [0, 0.1) is 0 Å². The summed E-state index contributed by atoms with van der Waals surface area (Å²) in [7, 11) is 1.70. The molecule has 0 bridgehead atoms. The minimum absolute atomic E-state index is 0.574. The van der Waals surface area contributed by atoms with Gasteiger partial charge < -0.3 is 10.7 Å². The number of fused-ring (bicyclic) bond motifs is 1. The van der Waals surface area contributed by atoms with Crippen LogP contribution in [0.3, 0.4) is 0 Å². The van der Waals surface area contributed by atoms with Gasteiger partial charge in [0.15, 0.2) is 0 Å². The third-order valence-corrected chi connectivity index (χ3v) is 2.11. The summed E-state index contributed by atoms with van der Waals surface area (Å²) in [6.07, 6.45) is 1.90. The largest absolute Gasteiger partial charge is 0.383 e. The molecule has 2 aromatic rings. The quantitative estimate of drug-likeness (QED) is 0.498. The van der Waals surface area contributed by atoms with Crippen molar-refractivity contribution in [1.82, 2.24) is 4.98 Å². The Hall–Kier alpha value is -1.77. The van der Waals surface area contributed by atoms with Gasteiger partial charge in [-0.3, -0.25) is 4.99 Å². The van der Waals surface area contributed by atoms with Crippen molar-refractivity contribution in [3.05, 3.63) is 36.0 Å². The number of hydrogen-bond acceptors (Lipinski definition) is 1. The highest BCUT2D eigenvalue weighted by Crippen LogP contribution is 2.16. The van der Waals surface area contributed by atoms with E-state index < -0.39 is 0 Å². The summed E-state index contributed by atoms with van der Waals surface area (Å²) in [6.45, 7) is 0. The molecule has 3 heteroatoms. The molecule has 0 amide bonds. The van der Waals surface area contributed by atoms with E-state index in [1.54, 1.807) is 7.05 Å². The average Bonchev–Trinajstić information content (AvgIpc) is 2.63. The first-order valence-electron chi connectivity index (χ1n) is 4.11. The van der Waals surface area contributed by atoms with E-state index in [-0.39, 0.29) is 0 Å². The predicted molar refractivity (Wildman–Crippen MR) is 54.9 cm³/mol. The number of rotatable bonds is 1. The van der Waals surface area contributed by atoms with E-state index in [0.29, 0.717) is 5.84 Å². The van der Waals surface area contributed by atoms with Crippen molar-refractivity contribution < 1.29 is 0 Å². The van der Waals surface area contributed by atoms with Gasteiger partial charge in [0.05, 0.1) is 0 Å². The minimum Gasteiger partial charge on any atom is -0.383 e. The number of nitrogens with two attached hydrogens (primary N) is 1. The third-order valence-electron chi connectivity index (χ3n) is 2.11. The molecule has 2 rings (SSSR count). The minimum atomic E-state index is 0.574. The van der Waals surface area contributed by atoms with Crippen LogP contribution < -0.4 is 5.73 Å². The number of benzene rings is 1. The fourth-order valence-electron chi connectivity index (χ4n) is 1.43. The maximum absolute atomic E-state index is 5.76. The van der Waals surface area contributed by atoms with Gasteiger partial charge in [0, 0.05) is 29.7 Å². The van der Waals surface area contributed by atoms with Crippen molar-refractivity contribution in [3.8, 4) is 0 Å². The molecule has 0 unspecified atom stereocenters. The monoisotopic (exact) mass is 173 g/mol. The molecule has 0 saturated heterocycles. The summed E-state index contributed by atoms with van der Waals surface area (Å²) < 4.78 is 0. The molecule has 0 fully saturated rings. The van der Waals surface area contributed by atoms with Crippen LogP contribution >= 0.6 is 0 Å². The molecule has 0 radical (unpaired) electrons. The number of aliphatic imine (C=N–C) groups is 1. The standard InChI is InChI=1S/C10H11N3/c1-12-10(11)8-3-2-4-9-7(8)5-6-13-9/h2-6,13H,1H3,(H2,11,12). The number of nitrogens with one attached hydrogen (secondary N) is 1. The Morgan fingerprint density at radius 1 is 1.38 bits per heavy atom. The van der Waals surface area contributed by atoms with Gasteiger partial charge >= 0.3 is 0 Å².